The normalized spacial score (nSPS) is 13.4. The number of anilines is 2. The van der Waals surface area contributed by atoms with E-state index in [4.69, 9.17) is 9.15 Å². The molecule has 0 spiro atoms. The second kappa shape index (κ2) is 7.15. The molecule has 0 unspecified atom stereocenters. The highest BCUT2D eigenvalue weighted by molar-refractivity contribution is 5.97. The molecule has 0 radical (unpaired) electrons. The average molecular weight is 364 g/mol. The van der Waals surface area contributed by atoms with Crippen LogP contribution >= 0.6 is 0 Å². The average Bonchev–Trinajstić information content (AvgIpc) is 3.44. The van der Waals surface area contributed by atoms with Crippen LogP contribution in [0.1, 0.15) is 18.4 Å². The molecule has 138 valence electrons. The molecule has 1 saturated carbocycles. The van der Waals surface area contributed by atoms with Crippen molar-refractivity contribution < 1.29 is 18.7 Å². The van der Waals surface area contributed by atoms with E-state index in [1.807, 2.05) is 18.2 Å². The molecule has 3 aromatic rings. The summed E-state index contributed by atoms with van der Waals surface area (Å²) < 4.78 is 10.7. The number of rotatable bonds is 6. The number of methoxy groups -OCH3 is 1. The molecule has 2 N–H and O–H groups in total. The lowest BCUT2D eigenvalue weighted by atomic mass is 10.1. The van der Waals surface area contributed by atoms with Gasteiger partial charge in [0, 0.05) is 34.3 Å². The first kappa shape index (κ1) is 17.1. The summed E-state index contributed by atoms with van der Waals surface area (Å²) in [5.74, 6) is 0.729. The Hall–Kier alpha value is -3.28. The molecule has 0 saturated heterocycles. The predicted octanol–water partition coefficient (Wildman–Crippen LogP) is 3.97. The highest BCUT2D eigenvalue weighted by atomic mass is 16.5. The third-order valence-corrected chi connectivity index (χ3v) is 4.58. The van der Waals surface area contributed by atoms with Crippen molar-refractivity contribution >= 4 is 34.2 Å². The number of furan rings is 1. The fourth-order valence-electron chi connectivity index (χ4n) is 2.97. The first-order valence-electron chi connectivity index (χ1n) is 8.87. The van der Waals surface area contributed by atoms with E-state index >= 15 is 0 Å². The Bertz CT molecular complexity index is 1000. The molecule has 6 heteroatoms. The predicted molar refractivity (Wildman–Crippen MR) is 103 cm³/mol. The van der Waals surface area contributed by atoms with Gasteiger partial charge in [0.2, 0.25) is 11.8 Å². The molecule has 1 heterocycles. The minimum Gasteiger partial charge on any atom is -0.497 e. The van der Waals surface area contributed by atoms with Gasteiger partial charge in [0.05, 0.1) is 19.8 Å². The lowest BCUT2D eigenvalue weighted by Crippen LogP contribution is -2.15. The Labute approximate surface area is 156 Å². The van der Waals surface area contributed by atoms with Crippen LogP contribution in [0.3, 0.4) is 0 Å². The molecular weight excluding hydrogens is 344 g/mol. The Morgan fingerprint density at radius 2 is 1.89 bits per heavy atom. The smallest absolute Gasteiger partial charge is 0.228 e. The molecule has 1 aromatic heterocycles. The van der Waals surface area contributed by atoms with Crippen molar-refractivity contribution in [1.29, 1.82) is 0 Å². The van der Waals surface area contributed by atoms with E-state index in [2.05, 4.69) is 10.6 Å². The van der Waals surface area contributed by atoms with E-state index in [-0.39, 0.29) is 24.2 Å². The maximum atomic E-state index is 12.4. The summed E-state index contributed by atoms with van der Waals surface area (Å²) in [6.07, 6.45) is 3.69. The standard InChI is InChI=1S/C21H20N2O4/c1-26-17-7-8-18-14(12-27-19(18)11-17)9-20(24)22-15-3-2-4-16(10-15)23-21(25)13-5-6-13/h2-4,7-8,10-13H,5-6,9H2,1H3,(H,22,24)(H,23,25). The lowest BCUT2D eigenvalue weighted by Gasteiger charge is -2.08. The fourth-order valence-corrected chi connectivity index (χ4v) is 2.97. The molecule has 0 aliphatic heterocycles. The van der Waals surface area contributed by atoms with Gasteiger partial charge in [-0.15, -0.1) is 0 Å². The second-order valence-electron chi connectivity index (χ2n) is 6.69. The summed E-state index contributed by atoms with van der Waals surface area (Å²) in [4.78, 5) is 24.3. The van der Waals surface area contributed by atoms with Crippen LogP contribution in [0.25, 0.3) is 11.0 Å². The number of amides is 2. The Kier molecular flexibility index (Phi) is 4.54. The zero-order valence-corrected chi connectivity index (χ0v) is 15.0. The van der Waals surface area contributed by atoms with Crippen LogP contribution in [0.2, 0.25) is 0 Å². The number of benzene rings is 2. The van der Waals surface area contributed by atoms with Crippen molar-refractivity contribution in [2.24, 2.45) is 5.92 Å². The minimum absolute atomic E-state index is 0.0405. The molecule has 0 bridgehead atoms. The Morgan fingerprint density at radius 1 is 1.11 bits per heavy atom. The monoisotopic (exact) mass is 364 g/mol. The molecule has 1 aliphatic carbocycles. The number of hydrogen-bond acceptors (Lipinski definition) is 4. The number of carbonyl (C=O) groups excluding carboxylic acids is 2. The maximum Gasteiger partial charge on any atom is 0.228 e. The van der Waals surface area contributed by atoms with Gasteiger partial charge >= 0.3 is 0 Å². The minimum atomic E-state index is -0.154. The maximum absolute atomic E-state index is 12.4. The van der Waals surface area contributed by atoms with Gasteiger partial charge in [-0.3, -0.25) is 9.59 Å². The molecule has 27 heavy (non-hydrogen) atoms. The quantitative estimate of drug-likeness (QED) is 0.693. The van der Waals surface area contributed by atoms with Gasteiger partial charge in [-0.25, -0.2) is 0 Å². The summed E-state index contributed by atoms with van der Waals surface area (Å²) in [5.41, 5.74) is 2.82. The zero-order chi connectivity index (χ0) is 18.8. The summed E-state index contributed by atoms with van der Waals surface area (Å²) >= 11 is 0. The van der Waals surface area contributed by atoms with Gasteiger partial charge in [-0.05, 0) is 43.2 Å². The lowest BCUT2D eigenvalue weighted by molar-refractivity contribution is -0.117. The highest BCUT2D eigenvalue weighted by Crippen LogP contribution is 2.30. The Morgan fingerprint density at radius 3 is 2.63 bits per heavy atom. The zero-order valence-electron chi connectivity index (χ0n) is 15.0. The summed E-state index contributed by atoms with van der Waals surface area (Å²) in [7, 11) is 1.60. The van der Waals surface area contributed by atoms with E-state index < -0.39 is 0 Å². The van der Waals surface area contributed by atoms with Crippen LogP contribution in [-0.2, 0) is 16.0 Å². The molecule has 4 rings (SSSR count). The topological polar surface area (TPSA) is 80.6 Å². The van der Waals surface area contributed by atoms with Gasteiger partial charge in [0.25, 0.3) is 0 Å². The summed E-state index contributed by atoms with van der Waals surface area (Å²) in [5, 5.41) is 6.64. The first-order chi connectivity index (χ1) is 13.1. The molecule has 2 amide bonds. The third-order valence-electron chi connectivity index (χ3n) is 4.58. The highest BCUT2D eigenvalue weighted by Gasteiger charge is 2.29. The van der Waals surface area contributed by atoms with Crippen LogP contribution in [-0.4, -0.2) is 18.9 Å². The fraction of sp³-hybridized carbons (Fsp3) is 0.238. The van der Waals surface area contributed by atoms with E-state index in [1.165, 1.54) is 0 Å². The third kappa shape index (κ3) is 3.95. The van der Waals surface area contributed by atoms with Crippen molar-refractivity contribution in [2.75, 3.05) is 17.7 Å². The van der Waals surface area contributed by atoms with Gasteiger partial charge in [-0.1, -0.05) is 6.07 Å². The van der Waals surface area contributed by atoms with E-state index in [9.17, 15) is 9.59 Å². The molecular formula is C21H20N2O4. The Balaban J connectivity index is 1.42. The van der Waals surface area contributed by atoms with Gasteiger partial charge < -0.3 is 19.8 Å². The van der Waals surface area contributed by atoms with E-state index in [0.29, 0.717) is 22.7 Å². The van der Waals surface area contributed by atoms with Gasteiger partial charge in [-0.2, -0.15) is 0 Å². The number of nitrogens with one attached hydrogen (secondary N) is 2. The van der Waals surface area contributed by atoms with Crippen LogP contribution < -0.4 is 15.4 Å². The molecule has 1 fully saturated rings. The van der Waals surface area contributed by atoms with Gasteiger partial charge in [0.1, 0.15) is 11.3 Å². The molecule has 2 aromatic carbocycles. The van der Waals surface area contributed by atoms with Gasteiger partial charge in [0.15, 0.2) is 0 Å². The molecule has 1 aliphatic rings. The number of hydrogen-bond donors (Lipinski definition) is 2. The van der Waals surface area contributed by atoms with Crippen LogP contribution in [0.15, 0.2) is 53.1 Å². The van der Waals surface area contributed by atoms with Crippen LogP contribution in [0, 0.1) is 5.92 Å². The second-order valence-corrected chi connectivity index (χ2v) is 6.69. The van der Waals surface area contributed by atoms with Crippen LogP contribution in [0.4, 0.5) is 11.4 Å². The largest absolute Gasteiger partial charge is 0.497 e. The number of carbonyl (C=O) groups is 2. The van der Waals surface area contributed by atoms with Crippen molar-refractivity contribution in [3.8, 4) is 5.75 Å². The number of ether oxygens (including phenoxy) is 1. The van der Waals surface area contributed by atoms with Crippen molar-refractivity contribution in [3.63, 3.8) is 0 Å². The van der Waals surface area contributed by atoms with E-state index in [0.717, 1.165) is 23.8 Å². The summed E-state index contributed by atoms with van der Waals surface area (Å²) in [6.45, 7) is 0. The SMILES string of the molecule is COc1ccc2c(CC(=O)Nc3cccc(NC(=O)C4CC4)c3)coc2c1. The van der Waals surface area contributed by atoms with E-state index in [1.54, 1.807) is 37.6 Å². The van der Waals surface area contributed by atoms with Crippen LogP contribution in [0.5, 0.6) is 5.75 Å². The van der Waals surface area contributed by atoms with Crippen molar-refractivity contribution in [3.05, 3.63) is 54.3 Å². The molecule has 0 atom stereocenters. The van der Waals surface area contributed by atoms with Crippen molar-refractivity contribution in [1.82, 2.24) is 0 Å². The molecule has 6 nitrogen and oxygen atoms in total. The van der Waals surface area contributed by atoms with Crippen molar-refractivity contribution in [2.45, 2.75) is 19.3 Å². The first-order valence-corrected chi connectivity index (χ1v) is 8.87. The summed E-state index contributed by atoms with van der Waals surface area (Å²) in [6, 6.07) is 12.7. The number of fused-ring (bicyclic) bond motifs is 1.